The van der Waals surface area contributed by atoms with Gasteiger partial charge >= 0.3 is 0 Å². The first-order valence-corrected chi connectivity index (χ1v) is 7.10. The van der Waals surface area contributed by atoms with Gasteiger partial charge in [0, 0.05) is 42.1 Å². The largest absolute Gasteiger partial charge is 0.264 e. The van der Waals surface area contributed by atoms with Gasteiger partial charge < -0.3 is 0 Å². The minimum Gasteiger partial charge on any atom is -0.264 e. The van der Waals surface area contributed by atoms with E-state index in [1.165, 1.54) is 0 Å². The average molecular weight is 300 g/mol. The zero-order valence-corrected chi connectivity index (χ0v) is 12.1. The van der Waals surface area contributed by atoms with Crippen molar-refractivity contribution >= 4 is 0 Å². The average Bonchev–Trinajstić information content (AvgIpc) is 3.14. The van der Waals surface area contributed by atoms with Crippen LogP contribution in [0.5, 0.6) is 0 Å². The first kappa shape index (κ1) is 13.3. The molecule has 0 unspecified atom stereocenters. The van der Waals surface area contributed by atoms with Crippen molar-refractivity contribution in [3.63, 3.8) is 0 Å². The molecule has 110 valence electrons. The van der Waals surface area contributed by atoms with E-state index in [1.807, 2.05) is 42.7 Å². The lowest BCUT2D eigenvalue weighted by atomic mass is 10.2. The first-order valence-electron chi connectivity index (χ1n) is 7.10. The summed E-state index contributed by atoms with van der Waals surface area (Å²) in [7, 11) is 0. The molecule has 0 bridgehead atoms. The molecule has 0 amide bonds. The van der Waals surface area contributed by atoms with E-state index in [9.17, 15) is 0 Å². The van der Waals surface area contributed by atoms with Crippen LogP contribution in [0.1, 0.15) is 0 Å². The Labute approximate surface area is 132 Å². The van der Waals surface area contributed by atoms with Crippen molar-refractivity contribution in [1.29, 1.82) is 0 Å². The van der Waals surface area contributed by atoms with Crippen molar-refractivity contribution in [3.8, 4) is 28.5 Å². The summed E-state index contributed by atoms with van der Waals surface area (Å²) >= 11 is 0. The van der Waals surface area contributed by atoms with E-state index in [0.717, 1.165) is 11.1 Å². The maximum absolute atomic E-state index is 4.58. The molecular weight excluding hydrogens is 288 g/mol. The minimum atomic E-state index is 0.592. The number of aromatic nitrogens is 6. The van der Waals surface area contributed by atoms with Crippen molar-refractivity contribution in [2.45, 2.75) is 0 Å². The number of nitrogens with zero attached hydrogens (tertiary/aromatic N) is 6. The molecule has 6 nitrogen and oxygen atoms in total. The molecule has 0 fully saturated rings. The molecule has 0 saturated heterocycles. The third-order valence-corrected chi connectivity index (χ3v) is 3.34. The number of hydrogen-bond acceptors (Lipinski definition) is 5. The van der Waals surface area contributed by atoms with Gasteiger partial charge in [0.25, 0.3) is 0 Å². The van der Waals surface area contributed by atoms with Crippen LogP contribution in [-0.4, -0.2) is 29.7 Å². The smallest absolute Gasteiger partial charge is 0.178 e. The third-order valence-electron chi connectivity index (χ3n) is 3.34. The normalized spacial score (nSPS) is 10.6. The molecule has 4 aromatic heterocycles. The van der Waals surface area contributed by atoms with E-state index in [4.69, 9.17) is 0 Å². The lowest BCUT2D eigenvalue weighted by Gasteiger charge is -2.03. The molecule has 0 N–H and O–H groups in total. The van der Waals surface area contributed by atoms with E-state index >= 15 is 0 Å². The van der Waals surface area contributed by atoms with Crippen LogP contribution < -0.4 is 0 Å². The fourth-order valence-electron chi connectivity index (χ4n) is 2.24. The van der Waals surface area contributed by atoms with Crippen LogP contribution in [0.2, 0.25) is 0 Å². The molecule has 4 heterocycles. The fourth-order valence-corrected chi connectivity index (χ4v) is 2.24. The summed E-state index contributed by atoms with van der Waals surface area (Å²) in [6, 6.07) is 11.4. The molecular formula is C17H12N6. The van der Waals surface area contributed by atoms with Gasteiger partial charge in [-0.3, -0.25) is 4.98 Å². The van der Waals surface area contributed by atoms with Crippen LogP contribution >= 0.6 is 0 Å². The Kier molecular flexibility index (Phi) is 3.32. The zero-order chi connectivity index (χ0) is 15.5. The van der Waals surface area contributed by atoms with E-state index in [2.05, 4.69) is 25.0 Å². The van der Waals surface area contributed by atoms with Crippen LogP contribution in [0.3, 0.4) is 0 Å². The SMILES string of the molecule is c1cnc(-c2cccc(-n3cc(-c4cccnc4)cn3)n2)nc1. The standard InChI is InChI=1S/C17H12N6/c1-5-15(17-19-8-3-9-20-17)22-16(6-1)23-12-14(11-21-23)13-4-2-7-18-10-13/h1-12H. The Morgan fingerprint density at radius 1 is 0.783 bits per heavy atom. The highest BCUT2D eigenvalue weighted by Gasteiger charge is 2.07. The Bertz CT molecular complexity index is 918. The highest BCUT2D eigenvalue weighted by molar-refractivity contribution is 5.61. The fraction of sp³-hybridized carbons (Fsp3) is 0. The molecule has 4 rings (SSSR count). The van der Waals surface area contributed by atoms with Crippen LogP contribution in [0.4, 0.5) is 0 Å². The van der Waals surface area contributed by atoms with Crippen molar-refractivity contribution in [2.75, 3.05) is 0 Å². The van der Waals surface area contributed by atoms with E-state index < -0.39 is 0 Å². The zero-order valence-electron chi connectivity index (χ0n) is 12.1. The van der Waals surface area contributed by atoms with Gasteiger partial charge in [-0.2, -0.15) is 5.10 Å². The molecule has 0 aliphatic carbocycles. The van der Waals surface area contributed by atoms with Crippen LogP contribution in [0, 0.1) is 0 Å². The second-order valence-electron chi connectivity index (χ2n) is 4.87. The van der Waals surface area contributed by atoms with Crippen LogP contribution in [0.25, 0.3) is 28.5 Å². The molecule has 0 saturated carbocycles. The predicted octanol–water partition coefficient (Wildman–Crippen LogP) is 2.79. The Hall–Kier alpha value is -3.41. The van der Waals surface area contributed by atoms with Gasteiger partial charge in [0.1, 0.15) is 5.69 Å². The van der Waals surface area contributed by atoms with Crippen molar-refractivity contribution in [2.24, 2.45) is 0 Å². The van der Waals surface area contributed by atoms with E-state index in [-0.39, 0.29) is 0 Å². The van der Waals surface area contributed by atoms with E-state index in [1.54, 1.807) is 35.5 Å². The Morgan fingerprint density at radius 2 is 1.70 bits per heavy atom. The number of rotatable bonds is 3. The highest BCUT2D eigenvalue weighted by atomic mass is 15.3. The number of hydrogen-bond donors (Lipinski definition) is 0. The summed E-state index contributed by atoms with van der Waals surface area (Å²) in [6.45, 7) is 0. The van der Waals surface area contributed by atoms with Gasteiger partial charge in [-0.15, -0.1) is 0 Å². The maximum Gasteiger partial charge on any atom is 0.178 e. The summed E-state index contributed by atoms with van der Waals surface area (Å²) in [5.74, 6) is 1.30. The van der Waals surface area contributed by atoms with Crippen molar-refractivity contribution < 1.29 is 0 Å². The van der Waals surface area contributed by atoms with Gasteiger partial charge in [0.2, 0.25) is 0 Å². The first-order chi connectivity index (χ1) is 11.4. The van der Waals surface area contributed by atoms with Gasteiger partial charge in [-0.05, 0) is 24.3 Å². The van der Waals surface area contributed by atoms with Crippen molar-refractivity contribution in [3.05, 3.63) is 73.6 Å². The van der Waals surface area contributed by atoms with Gasteiger partial charge in [-0.25, -0.2) is 19.6 Å². The molecule has 0 spiro atoms. The van der Waals surface area contributed by atoms with Gasteiger partial charge in [-0.1, -0.05) is 12.1 Å². The summed E-state index contributed by atoms with van der Waals surface area (Å²) in [6.07, 6.45) is 10.7. The molecule has 0 aliphatic heterocycles. The van der Waals surface area contributed by atoms with Gasteiger partial charge in [0.05, 0.1) is 6.20 Å². The molecule has 6 heteroatoms. The third kappa shape index (κ3) is 2.69. The predicted molar refractivity (Wildman–Crippen MR) is 85.6 cm³/mol. The lowest BCUT2D eigenvalue weighted by Crippen LogP contribution is -1.99. The summed E-state index contributed by atoms with van der Waals surface area (Å²) < 4.78 is 1.73. The molecule has 23 heavy (non-hydrogen) atoms. The molecule has 0 aliphatic rings. The minimum absolute atomic E-state index is 0.592. The molecule has 0 atom stereocenters. The summed E-state index contributed by atoms with van der Waals surface area (Å²) in [5, 5.41) is 4.38. The summed E-state index contributed by atoms with van der Waals surface area (Å²) in [5.41, 5.74) is 2.71. The monoisotopic (exact) mass is 300 g/mol. The summed E-state index contributed by atoms with van der Waals surface area (Å²) in [4.78, 5) is 17.2. The molecule has 4 aromatic rings. The Morgan fingerprint density at radius 3 is 2.52 bits per heavy atom. The van der Waals surface area contributed by atoms with Gasteiger partial charge in [0.15, 0.2) is 11.6 Å². The van der Waals surface area contributed by atoms with Crippen molar-refractivity contribution in [1.82, 2.24) is 29.7 Å². The van der Waals surface area contributed by atoms with E-state index in [0.29, 0.717) is 17.3 Å². The second kappa shape index (κ2) is 5.76. The lowest BCUT2D eigenvalue weighted by molar-refractivity contribution is 0.847. The highest BCUT2D eigenvalue weighted by Crippen LogP contribution is 2.19. The second-order valence-corrected chi connectivity index (χ2v) is 4.87. The quantitative estimate of drug-likeness (QED) is 0.582. The number of pyridine rings is 2. The molecule has 0 aromatic carbocycles. The molecule has 0 radical (unpaired) electrons. The maximum atomic E-state index is 4.58. The Balaban J connectivity index is 1.71. The topological polar surface area (TPSA) is 69.4 Å². The van der Waals surface area contributed by atoms with Crippen LogP contribution in [-0.2, 0) is 0 Å². The van der Waals surface area contributed by atoms with Crippen LogP contribution in [0.15, 0.2) is 73.6 Å².